The van der Waals surface area contributed by atoms with E-state index in [4.69, 9.17) is 5.73 Å². The summed E-state index contributed by atoms with van der Waals surface area (Å²) in [7, 11) is 0. The first-order valence-corrected chi connectivity index (χ1v) is 7.45. The topological polar surface area (TPSA) is 55.1 Å². The normalized spacial score (nSPS) is 17.6. The third-order valence-electron chi connectivity index (χ3n) is 3.63. The number of amides is 1. The zero-order chi connectivity index (χ0) is 14.1. The van der Waals surface area contributed by atoms with Crippen molar-refractivity contribution in [1.82, 2.24) is 0 Å². The van der Waals surface area contributed by atoms with E-state index in [0.29, 0.717) is 11.3 Å². The number of hydrogen-bond donors (Lipinski definition) is 2. The van der Waals surface area contributed by atoms with Crippen molar-refractivity contribution >= 4 is 22.9 Å². The number of rotatable bonds is 3. The second-order valence-corrected chi connectivity index (χ2v) is 5.95. The van der Waals surface area contributed by atoms with Crippen molar-refractivity contribution in [2.45, 2.75) is 25.3 Å². The highest BCUT2D eigenvalue weighted by Gasteiger charge is 2.22. The van der Waals surface area contributed by atoms with Crippen molar-refractivity contribution in [1.29, 1.82) is 0 Å². The number of benzene rings is 1. The second-order valence-electron chi connectivity index (χ2n) is 4.95. The van der Waals surface area contributed by atoms with Gasteiger partial charge in [0.2, 0.25) is 5.91 Å². The first kappa shape index (κ1) is 13.1. The molecule has 1 heterocycles. The van der Waals surface area contributed by atoms with Crippen LogP contribution in [0.3, 0.4) is 0 Å². The van der Waals surface area contributed by atoms with Crippen LogP contribution in [0.2, 0.25) is 0 Å². The maximum atomic E-state index is 13.9. The van der Waals surface area contributed by atoms with E-state index in [1.54, 1.807) is 11.3 Å². The lowest BCUT2D eigenvalue weighted by atomic mass is 9.94. The van der Waals surface area contributed by atoms with E-state index in [2.05, 4.69) is 16.8 Å². The number of fused-ring (bicyclic) bond motifs is 1. The van der Waals surface area contributed by atoms with Crippen LogP contribution in [0.1, 0.15) is 39.7 Å². The van der Waals surface area contributed by atoms with Gasteiger partial charge in [-0.3, -0.25) is 4.79 Å². The average Bonchev–Trinajstić information content (AvgIpc) is 2.90. The van der Waals surface area contributed by atoms with Crippen LogP contribution in [0, 0.1) is 5.82 Å². The first-order chi connectivity index (χ1) is 9.65. The molecule has 20 heavy (non-hydrogen) atoms. The van der Waals surface area contributed by atoms with Crippen LogP contribution in [0.25, 0.3) is 0 Å². The predicted molar refractivity (Wildman–Crippen MR) is 78.5 cm³/mol. The van der Waals surface area contributed by atoms with Crippen LogP contribution in [0.15, 0.2) is 29.6 Å². The molecular weight excluding hydrogens is 275 g/mol. The van der Waals surface area contributed by atoms with Crippen LogP contribution >= 0.6 is 11.3 Å². The minimum Gasteiger partial charge on any atom is -0.376 e. The van der Waals surface area contributed by atoms with Gasteiger partial charge >= 0.3 is 0 Å². The van der Waals surface area contributed by atoms with Crippen molar-refractivity contribution in [3.8, 4) is 0 Å². The summed E-state index contributed by atoms with van der Waals surface area (Å²) < 4.78 is 13.9. The molecule has 1 aliphatic carbocycles. The highest BCUT2D eigenvalue weighted by molar-refractivity contribution is 7.10. The molecule has 3 N–H and O–H groups in total. The minimum atomic E-state index is -0.548. The van der Waals surface area contributed by atoms with E-state index in [-0.39, 0.29) is 11.9 Å². The Bertz CT molecular complexity index is 653. The molecule has 0 aliphatic heterocycles. The zero-order valence-electron chi connectivity index (χ0n) is 10.9. The van der Waals surface area contributed by atoms with Gasteiger partial charge in [-0.1, -0.05) is 0 Å². The molecule has 3 rings (SSSR count). The SMILES string of the molecule is NC(=O)c1ccc(F)c(NC2CCCc3sccc32)c1. The smallest absolute Gasteiger partial charge is 0.248 e. The lowest BCUT2D eigenvalue weighted by Gasteiger charge is -2.25. The summed E-state index contributed by atoms with van der Waals surface area (Å²) >= 11 is 1.74. The highest BCUT2D eigenvalue weighted by atomic mass is 32.1. The molecule has 1 amide bonds. The van der Waals surface area contributed by atoms with E-state index >= 15 is 0 Å². The van der Waals surface area contributed by atoms with Gasteiger partial charge in [0, 0.05) is 10.4 Å². The van der Waals surface area contributed by atoms with Crippen LogP contribution in [0.5, 0.6) is 0 Å². The summed E-state index contributed by atoms with van der Waals surface area (Å²) in [4.78, 5) is 12.5. The summed E-state index contributed by atoms with van der Waals surface area (Å²) in [5.41, 5.74) is 7.13. The van der Waals surface area contributed by atoms with Gasteiger partial charge in [0.15, 0.2) is 0 Å². The maximum Gasteiger partial charge on any atom is 0.248 e. The number of carbonyl (C=O) groups excluding carboxylic acids is 1. The van der Waals surface area contributed by atoms with E-state index in [9.17, 15) is 9.18 Å². The number of carbonyl (C=O) groups is 1. The van der Waals surface area contributed by atoms with Crippen molar-refractivity contribution in [3.05, 3.63) is 51.5 Å². The van der Waals surface area contributed by atoms with Gasteiger partial charge in [-0.25, -0.2) is 4.39 Å². The summed E-state index contributed by atoms with van der Waals surface area (Å²) in [5, 5.41) is 5.28. The van der Waals surface area contributed by atoms with Gasteiger partial charge < -0.3 is 11.1 Å². The molecule has 3 nitrogen and oxygen atoms in total. The lowest BCUT2D eigenvalue weighted by Crippen LogP contribution is -2.17. The average molecular weight is 290 g/mol. The Morgan fingerprint density at radius 2 is 2.25 bits per heavy atom. The van der Waals surface area contributed by atoms with Gasteiger partial charge in [-0.05, 0) is 54.5 Å². The van der Waals surface area contributed by atoms with Gasteiger partial charge in [0.25, 0.3) is 0 Å². The summed E-state index contributed by atoms with van der Waals surface area (Å²) in [6, 6.07) is 6.35. The van der Waals surface area contributed by atoms with E-state index in [1.165, 1.54) is 28.6 Å². The molecule has 0 radical (unpaired) electrons. The maximum absolute atomic E-state index is 13.9. The summed E-state index contributed by atoms with van der Waals surface area (Å²) in [6.45, 7) is 0. The van der Waals surface area contributed by atoms with Crippen molar-refractivity contribution < 1.29 is 9.18 Å². The monoisotopic (exact) mass is 290 g/mol. The number of primary amides is 1. The fourth-order valence-electron chi connectivity index (χ4n) is 2.61. The third-order valence-corrected chi connectivity index (χ3v) is 4.63. The first-order valence-electron chi connectivity index (χ1n) is 6.57. The molecule has 1 atom stereocenters. The van der Waals surface area contributed by atoms with Crippen LogP contribution in [-0.2, 0) is 6.42 Å². The van der Waals surface area contributed by atoms with Gasteiger partial charge in [0.1, 0.15) is 5.82 Å². The molecule has 1 unspecified atom stereocenters. The Morgan fingerprint density at radius 1 is 1.40 bits per heavy atom. The molecule has 0 bridgehead atoms. The highest BCUT2D eigenvalue weighted by Crippen LogP contribution is 2.36. The number of nitrogens with two attached hydrogens (primary N) is 1. The van der Waals surface area contributed by atoms with Crippen molar-refractivity contribution in [2.24, 2.45) is 5.73 Å². The lowest BCUT2D eigenvalue weighted by molar-refractivity contribution is 0.100. The number of nitrogens with one attached hydrogen (secondary N) is 1. The molecular formula is C15H15FN2OS. The molecule has 104 valence electrons. The van der Waals surface area contributed by atoms with E-state index in [0.717, 1.165) is 19.3 Å². The van der Waals surface area contributed by atoms with Crippen LogP contribution in [-0.4, -0.2) is 5.91 Å². The summed E-state index contributed by atoms with van der Waals surface area (Å²) in [5.74, 6) is -0.912. The summed E-state index contributed by atoms with van der Waals surface area (Å²) in [6.07, 6.45) is 3.14. The van der Waals surface area contributed by atoms with Crippen molar-refractivity contribution in [3.63, 3.8) is 0 Å². The molecule has 0 spiro atoms. The number of anilines is 1. The van der Waals surface area contributed by atoms with E-state index < -0.39 is 5.91 Å². The van der Waals surface area contributed by atoms with Crippen molar-refractivity contribution in [2.75, 3.05) is 5.32 Å². The number of aryl methyl sites for hydroxylation is 1. The molecule has 0 saturated heterocycles. The van der Waals surface area contributed by atoms with E-state index in [1.807, 2.05) is 0 Å². The Balaban J connectivity index is 1.89. The molecule has 0 saturated carbocycles. The number of thiophene rings is 1. The number of halogens is 1. The standard InChI is InChI=1S/C15H15FN2OS/c16-11-5-4-9(15(17)19)8-13(11)18-12-2-1-3-14-10(12)6-7-20-14/h4-8,12,18H,1-3H2,(H2,17,19). The van der Waals surface area contributed by atoms with Gasteiger partial charge in [-0.15, -0.1) is 11.3 Å². The molecule has 2 aromatic rings. The van der Waals surface area contributed by atoms with Crippen LogP contribution in [0.4, 0.5) is 10.1 Å². The fraction of sp³-hybridized carbons (Fsp3) is 0.267. The molecule has 5 heteroatoms. The number of hydrogen-bond acceptors (Lipinski definition) is 3. The Hall–Kier alpha value is -1.88. The molecule has 1 aromatic heterocycles. The Morgan fingerprint density at radius 3 is 3.05 bits per heavy atom. The zero-order valence-corrected chi connectivity index (χ0v) is 11.7. The largest absolute Gasteiger partial charge is 0.376 e. The molecule has 1 aliphatic rings. The van der Waals surface area contributed by atoms with Gasteiger partial charge in [-0.2, -0.15) is 0 Å². The second kappa shape index (κ2) is 5.25. The minimum absolute atomic E-state index is 0.0997. The van der Waals surface area contributed by atoms with Gasteiger partial charge in [0.05, 0.1) is 11.7 Å². The van der Waals surface area contributed by atoms with Crippen LogP contribution < -0.4 is 11.1 Å². The predicted octanol–water partition coefficient (Wildman–Crippen LogP) is 3.48. The molecule has 1 aromatic carbocycles. The Kier molecular flexibility index (Phi) is 3.44. The Labute approximate surface area is 120 Å². The molecule has 0 fully saturated rings. The third kappa shape index (κ3) is 2.41. The quantitative estimate of drug-likeness (QED) is 0.909. The fourth-order valence-corrected chi connectivity index (χ4v) is 3.60.